The first kappa shape index (κ1) is 16.7. The molecule has 0 aromatic carbocycles. The second-order valence-corrected chi connectivity index (χ2v) is 6.54. The molecule has 0 aromatic rings. The van der Waals surface area contributed by atoms with Crippen LogP contribution >= 0.6 is 0 Å². The summed E-state index contributed by atoms with van der Waals surface area (Å²) in [5.41, 5.74) is -0.962. The molecule has 2 aliphatic heterocycles. The number of amides is 4. The summed E-state index contributed by atoms with van der Waals surface area (Å²) in [4.78, 5) is 39.0. The molecule has 2 rings (SSSR count). The molecule has 0 unspecified atom stereocenters. The third kappa shape index (κ3) is 3.40. The molecule has 2 fully saturated rings. The van der Waals surface area contributed by atoms with Crippen molar-refractivity contribution in [2.45, 2.75) is 39.2 Å². The van der Waals surface area contributed by atoms with Crippen LogP contribution in [0.2, 0.25) is 0 Å². The summed E-state index contributed by atoms with van der Waals surface area (Å²) in [6, 6.07) is -0.481. The summed E-state index contributed by atoms with van der Waals surface area (Å²) in [5, 5.41) is 5.60. The highest BCUT2D eigenvalue weighted by molar-refractivity contribution is 6.07. The third-order valence-electron chi connectivity index (χ3n) is 4.64. The molecular weight excluding hydrogens is 284 g/mol. The Labute approximate surface area is 131 Å². The van der Waals surface area contributed by atoms with E-state index in [1.807, 2.05) is 0 Å². The molecule has 2 aliphatic rings. The lowest BCUT2D eigenvalue weighted by molar-refractivity contribution is -0.134. The minimum atomic E-state index is -0.962. The Morgan fingerprint density at radius 3 is 2.45 bits per heavy atom. The molecule has 2 saturated heterocycles. The molecule has 2 N–H and O–H groups in total. The van der Waals surface area contributed by atoms with Crippen molar-refractivity contribution in [3.63, 3.8) is 0 Å². The number of carbonyl (C=O) groups is 3. The topological polar surface area (TPSA) is 81.8 Å². The van der Waals surface area contributed by atoms with Crippen LogP contribution in [0, 0.1) is 5.92 Å². The van der Waals surface area contributed by atoms with Crippen LogP contribution in [-0.2, 0) is 9.59 Å². The smallest absolute Gasteiger partial charge is 0.325 e. The molecule has 0 bridgehead atoms. The summed E-state index contributed by atoms with van der Waals surface area (Å²) < 4.78 is 0. The highest BCUT2D eigenvalue weighted by atomic mass is 16.2. The molecule has 7 heteroatoms. The van der Waals surface area contributed by atoms with Crippen molar-refractivity contribution in [2.24, 2.45) is 5.92 Å². The van der Waals surface area contributed by atoms with Crippen LogP contribution in [0.5, 0.6) is 0 Å². The van der Waals surface area contributed by atoms with E-state index >= 15 is 0 Å². The summed E-state index contributed by atoms with van der Waals surface area (Å²) in [6.45, 7) is 8.76. The fourth-order valence-corrected chi connectivity index (χ4v) is 2.93. The predicted octanol–water partition coefficient (Wildman–Crippen LogP) is 0.165. The summed E-state index contributed by atoms with van der Waals surface area (Å²) >= 11 is 0. The average Bonchev–Trinajstić information content (AvgIpc) is 2.68. The standard InChI is InChI=1S/C15H26N4O3/c1-4-16-9-11-5-7-18(8-6-11)12(20)10-19-14(22)17-13(21)15(19,2)3/h11,16H,4-10H2,1-3H3,(H,17,21,22). The van der Waals surface area contributed by atoms with Crippen molar-refractivity contribution >= 4 is 17.8 Å². The van der Waals surface area contributed by atoms with E-state index in [9.17, 15) is 14.4 Å². The minimum absolute atomic E-state index is 0.0392. The van der Waals surface area contributed by atoms with Gasteiger partial charge in [-0.3, -0.25) is 14.9 Å². The Hall–Kier alpha value is -1.63. The molecule has 0 aromatic heterocycles. The van der Waals surface area contributed by atoms with Crippen LogP contribution in [0.25, 0.3) is 0 Å². The zero-order chi connectivity index (χ0) is 16.3. The number of nitrogens with one attached hydrogen (secondary N) is 2. The van der Waals surface area contributed by atoms with E-state index in [4.69, 9.17) is 0 Å². The molecule has 0 radical (unpaired) electrons. The number of piperidine rings is 1. The first-order valence-electron chi connectivity index (χ1n) is 7.97. The fourth-order valence-electron chi connectivity index (χ4n) is 2.93. The first-order chi connectivity index (χ1) is 10.4. The van der Waals surface area contributed by atoms with Gasteiger partial charge in [0.1, 0.15) is 12.1 Å². The van der Waals surface area contributed by atoms with Gasteiger partial charge in [-0.15, -0.1) is 0 Å². The quantitative estimate of drug-likeness (QED) is 0.709. The van der Waals surface area contributed by atoms with E-state index in [-0.39, 0.29) is 18.4 Å². The van der Waals surface area contributed by atoms with E-state index in [0.717, 1.165) is 39.0 Å². The van der Waals surface area contributed by atoms with Gasteiger partial charge in [-0.1, -0.05) is 6.92 Å². The van der Waals surface area contributed by atoms with Crippen LogP contribution in [0.15, 0.2) is 0 Å². The lowest BCUT2D eigenvalue weighted by Crippen LogP contribution is -2.51. The summed E-state index contributed by atoms with van der Waals surface area (Å²) in [6.07, 6.45) is 1.96. The van der Waals surface area contributed by atoms with Gasteiger partial charge in [-0.05, 0) is 45.7 Å². The van der Waals surface area contributed by atoms with Gasteiger partial charge in [0.2, 0.25) is 5.91 Å². The van der Waals surface area contributed by atoms with E-state index in [0.29, 0.717) is 5.92 Å². The second-order valence-electron chi connectivity index (χ2n) is 6.54. The largest absolute Gasteiger partial charge is 0.341 e. The van der Waals surface area contributed by atoms with Gasteiger partial charge < -0.3 is 15.1 Å². The number of urea groups is 1. The maximum absolute atomic E-state index is 12.4. The van der Waals surface area contributed by atoms with E-state index < -0.39 is 11.6 Å². The van der Waals surface area contributed by atoms with Crippen molar-refractivity contribution in [2.75, 3.05) is 32.7 Å². The first-order valence-corrected chi connectivity index (χ1v) is 7.97. The molecule has 0 atom stereocenters. The number of carbonyl (C=O) groups excluding carboxylic acids is 3. The fraction of sp³-hybridized carbons (Fsp3) is 0.800. The summed E-state index contributed by atoms with van der Waals surface area (Å²) in [7, 11) is 0. The SMILES string of the molecule is CCNCC1CCN(C(=O)CN2C(=O)NC(=O)C2(C)C)CC1. The monoisotopic (exact) mass is 310 g/mol. The van der Waals surface area contributed by atoms with Gasteiger partial charge in [0.15, 0.2) is 0 Å². The predicted molar refractivity (Wildman–Crippen MR) is 82.2 cm³/mol. The Bertz CT molecular complexity index is 456. The highest BCUT2D eigenvalue weighted by Crippen LogP contribution is 2.22. The van der Waals surface area contributed by atoms with Gasteiger partial charge in [0.05, 0.1) is 0 Å². The molecule has 124 valence electrons. The zero-order valence-corrected chi connectivity index (χ0v) is 13.6. The normalized spacial score (nSPS) is 22.1. The molecule has 4 amide bonds. The molecule has 2 heterocycles. The molecule has 0 saturated carbocycles. The minimum Gasteiger partial charge on any atom is -0.341 e. The maximum Gasteiger partial charge on any atom is 0.325 e. The van der Waals surface area contributed by atoms with E-state index in [2.05, 4.69) is 17.6 Å². The summed E-state index contributed by atoms with van der Waals surface area (Å²) in [5.74, 6) is 0.173. The number of hydrogen-bond donors (Lipinski definition) is 2. The molecular formula is C15H26N4O3. The molecule has 0 spiro atoms. The van der Waals surface area contributed by atoms with Crippen molar-refractivity contribution in [1.29, 1.82) is 0 Å². The van der Waals surface area contributed by atoms with Gasteiger partial charge >= 0.3 is 6.03 Å². The van der Waals surface area contributed by atoms with E-state index in [1.54, 1.807) is 18.7 Å². The maximum atomic E-state index is 12.4. The number of nitrogens with zero attached hydrogens (tertiary/aromatic N) is 2. The lowest BCUT2D eigenvalue weighted by Gasteiger charge is -2.34. The van der Waals surface area contributed by atoms with Crippen LogP contribution in [0.3, 0.4) is 0 Å². The van der Waals surface area contributed by atoms with Crippen LogP contribution < -0.4 is 10.6 Å². The average molecular weight is 310 g/mol. The van der Waals surface area contributed by atoms with Crippen LogP contribution in [-0.4, -0.2) is 65.9 Å². The Kier molecular flexibility index (Phi) is 5.05. The van der Waals surface area contributed by atoms with Gasteiger partial charge in [-0.25, -0.2) is 4.79 Å². The van der Waals surface area contributed by atoms with Gasteiger partial charge in [-0.2, -0.15) is 0 Å². The van der Waals surface area contributed by atoms with Crippen LogP contribution in [0.4, 0.5) is 4.79 Å². The Morgan fingerprint density at radius 1 is 1.32 bits per heavy atom. The van der Waals surface area contributed by atoms with Gasteiger partial charge in [0, 0.05) is 13.1 Å². The van der Waals surface area contributed by atoms with Crippen molar-refractivity contribution < 1.29 is 14.4 Å². The van der Waals surface area contributed by atoms with Crippen molar-refractivity contribution in [3.8, 4) is 0 Å². The zero-order valence-electron chi connectivity index (χ0n) is 13.6. The number of hydrogen-bond acceptors (Lipinski definition) is 4. The van der Waals surface area contributed by atoms with Gasteiger partial charge in [0.25, 0.3) is 5.91 Å². The number of imide groups is 1. The van der Waals surface area contributed by atoms with Crippen LogP contribution in [0.1, 0.15) is 33.6 Å². The highest BCUT2D eigenvalue weighted by Gasteiger charge is 2.46. The molecule has 0 aliphatic carbocycles. The molecule has 22 heavy (non-hydrogen) atoms. The number of likely N-dealkylation sites (tertiary alicyclic amines) is 1. The number of rotatable bonds is 5. The Morgan fingerprint density at radius 2 is 1.95 bits per heavy atom. The van der Waals surface area contributed by atoms with Crippen molar-refractivity contribution in [3.05, 3.63) is 0 Å². The third-order valence-corrected chi connectivity index (χ3v) is 4.64. The van der Waals surface area contributed by atoms with E-state index in [1.165, 1.54) is 4.90 Å². The Balaban J connectivity index is 1.86. The van der Waals surface area contributed by atoms with Crippen molar-refractivity contribution in [1.82, 2.24) is 20.4 Å². The molecule has 7 nitrogen and oxygen atoms in total. The second kappa shape index (κ2) is 6.64. The lowest BCUT2D eigenvalue weighted by atomic mass is 9.96.